The molecule has 0 fully saturated rings. The number of hydrogen-bond donors (Lipinski definition) is 0. The normalized spacial score (nSPS) is 24.7. The topological polar surface area (TPSA) is 60.0 Å². The molecule has 2 heterocycles. The molecule has 0 saturated carbocycles. The molecule has 26 heavy (non-hydrogen) atoms. The summed E-state index contributed by atoms with van der Waals surface area (Å²) in [5, 5.41) is 13.3. The van der Waals surface area contributed by atoms with E-state index in [1.165, 1.54) is 5.56 Å². The first-order valence-electron chi connectivity index (χ1n) is 8.81. The van der Waals surface area contributed by atoms with E-state index in [2.05, 4.69) is 6.07 Å². The van der Waals surface area contributed by atoms with Crippen LogP contribution in [0.4, 0.5) is 0 Å². The molecule has 136 valence electrons. The summed E-state index contributed by atoms with van der Waals surface area (Å²) in [5.41, 5.74) is 5.33. The molecule has 0 saturated heterocycles. The van der Waals surface area contributed by atoms with Gasteiger partial charge in [-0.05, 0) is 29.3 Å². The molecule has 2 atom stereocenters. The van der Waals surface area contributed by atoms with Crippen LogP contribution in [0.2, 0.25) is 0 Å². The van der Waals surface area contributed by atoms with Crippen LogP contribution in [0.5, 0.6) is 23.0 Å². The van der Waals surface area contributed by atoms with Crippen LogP contribution in [-0.4, -0.2) is 39.3 Å². The molecule has 0 amide bonds. The van der Waals surface area contributed by atoms with E-state index in [1.54, 1.807) is 21.3 Å². The fraction of sp³-hybridized carbons (Fsp3) is 0.400. The van der Waals surface area contributed by atoms with Crippen molar-refractivity contribution in [3.63, 3.8) is 0 Å². The van der Waals surface area contributed by atoms with Gasteiger partial charge < -0.3 is 28.8 Å². The highest BCUT2D eigenvalue weighted by atomic mass is 16.7. The fourth-order valence-electron chi connectivity index (χ4n) is 4.65. The molecule has 1 aliphatic carbocycles. The number of likely N-dealkylation sites (N-methyl/N-ethyl adjacent to an activating group) is 1. The lowest BCUT2D eigenvalue weighted by atomic mass is 9.76. The highest BCUT2D eigenvalue weighted by Crippen LogP contribution is 2.57. The van der Waals surface area contributed by atoms with E-state index in [0.717, 1.165) is 40.2 Å². The summed E-state index contributed by atoms with van der Waals surface area (Å²) in [6.45, 7) is 0.764. The third-order valence-corrected chi connectivity index (χ3v) is 5.92. The highest BCUT2D eigenvalue weighted by molar-refractivity contribution is 5.85. The average Bonchev–Trinajstić information content (AvgIpc) is 3.11. The van der Waals surface area contributed by atoms with E-state index in [9.17, 15) is 5.21 Å². The molecule has 0 aromatic heterocycles. The van der Waals surface area contributed by atoms with Gasteiger partial charge in [0.05, 0.1) is 27.8 Å². The summed E-state index contributed by atoms with van der Waals surface area (Å²) in [5.74, 6) is 2.88. The minimum atomic E-state index is -0.292. The summed E-state index contributed by atoms with van der Waals surface area (Å²) in [6.07, 6.45) is 1.37. The Labute approximate surface area is 152 Å². The summed E-state index contributed by atoms with van der Waals surface area (Å²) >= 11 is 0. The van der Waals surface area contributed by atoms with Gasteiger partial charge in [-0.3, -0.25) is 0 Å². The Balaban J connectivity index is 1.87. The predicted octanol–water partition coefficient (Wildman–Crippen LogP) is 3.20. The van der Waals surface area contributed by atoms with E-state index < -0.39 is 0 Å². The molecule has 0 radical (unpaired) electrons. The molecule has 3 aliphatic rings. The minimum Gasteiger partial charge on any atom is -0.633 e. The lowest BCUT2D eigenvalue weighted by Gasteiger charge is -2.51. The van der Waals surface area contributed by atoms with E-state index in [1.807, 2.05) is 12.1 Å². The van der Waals surface area contributed by atoms with E-state index in [-0.39, 0.29) is 17.5 Å². The quantitative estimate of drug-likeness (QED) is 0.612. The largest absolute Gasteiger partial charge is 0.633 e. The summed E-state index contributed by atoms with van der Waals surface area (Å²) in [7, 11) is 5.03. The van der Waals surface area contributed by atoms with Crippen LogP contribution in [0.25, 0.3) is 11.1 Å². The van der Waals surface area contributed by atoms with E-state index in [4.69, 9.17) is 18.9 Å². The zero-order valence-corrected chi connectivity index (χ0v) is 15.1. The maximum absolute atomic E-state index is 13.3. The number of hydrogen-bond acceptors (Lipinski definition) is 5. The van der Waals surface area contributed by atoms with Crippen molar-refractivity contribution >= 4 is 0 Å². The van der Waals surface area contributed by atoms with Crippen LogP contribution < -0.4 is 18.9 Å². The van der Waals surface area contributed by atoms with Gasteiger partial charge in [0.15, 0.2) is 23.0 Å². The van der Waals surface area contributed by atoms with Gasteiger partial charge in [0.25, 0.3) is 0 Å². The molecule has 0 bridgehead atoms. The number of benzene rings is 2. The molecule has 2 aromatic carbocycles. The van der Waals surface area contributed by atoms with Gasteiger partial charge >= 0.3 is 0 Å². The average molecular weight is 355 g/mol. The number of methoxy groups -OCH3 is 2. The van der Waals surface area contributed by atoms with Gasteiger partial charge in [0, 0.05) is 29.5 Å². The Morgan fingerprint density at radius 2 is 2.04 bits per heavy atom. The maximum Gasteiger partial charge on any atom is 0.231 e. The molecule has 6 heteroatoms. The maximum atomic E-state index is 13.3. The summed E-state index contributed by atoms with van der Waals surface area (Å²) < 4.78 is 22.4. The zero-order valence-electron chi connectivity index (χ0n) is 15.1. The molecule has 2 aromatic rings. The first-order chi connectivity index (χ1) is 12.5. The highest BCUT2D eigenvalue weighted by Gasteiger charge is 2.43. The second-order valence-corrected chi connectivity index (χ2v) is 7.25. The van der Waals surface area contributed by atoms with Gasteiger partial charge in [-0.15, -0.1) is 0 Å². The Hall–Kier alpha value is -2.44. The minimum absolute atomic E-state index is 0.184. The molecule has 5 rings (SSSR count). The molecule has 2 aliphatic heterocycles. The molecule has 1 unspecified atom stereocenters. The number of ether oxygens (including phenoxy) is 4. The Morgan fingerprint density at radius 3 is 2.81 bits per heavy atom. The van der Waals surface area contributed by atoms with Crippen molar-refractivity contribution in [1.29, 1.82) is 0 Å². The second kappa shape index (κ2) is 5.28. The lowest BCUT2D eigenvalue weighted by molar-refractivity contribution is -0.894. The number of quaternary nitrogens is 1. The van der Waals surface area contributed by atoms with E-state index >= 15 is 0 Å². The Kier molecular flexibility index (Phi) is 3.21. The van der Waals surface area contributed by atoms with Crippen molar-refractivity contribution in [2.75, 3.05) is 34.6 Å². The summed E-state index contributed by atoms with van der Waals surface area (Å²) in [4.78, 5) is 0. The van der Waals surface area contributed by atoms with Crippen LogP contribution in [0, 0.1) is 5.21 Å². The molecular formula is C20H21NO5. The first kappa shape index (κ1) is 15.8. The van der Waals surface area contributed by atoms with Crippen molar-refractivity contribution in [1.82, 2.24) is 0 Å². The molecule has 0 N–H and O–H groups in total. The van der Waals surface area contributed by atoms with Crippen LogP contribution in [0.1, 0.15) is 22.7 Å². The van der Waals surface area contributed by atoms with Gasteiger partial charge in [-0.2, -0.15) is 0 Å². The van der Waals surface area contributed by atoms with Crippen molar-refractivity contribution in [2.24, 2.45) is 0 Å². The van der Waals surface area contributed by atoms with Crippen LogP contribution >= 0.6 is 0 Å². The van der Waals surface area contributed by atoms with Gasteiger partial charge in [-0.25, -0.2) is 0 Å². The zero-order chi connectivity index (χ0) is 18.1. The van der Waals surface area contributed by atoms with Crippen LogP contribution in [-0.2, 0) is 12.8 Å². The number of hydroxylamine groups is 3. The molecule has 0 spiro atoms. The molecular weight excluding hydrogens is 334 g/mol. The third-order valence-electron chi connectivity index (χ3n) is 5.92. The fourth-order valence-corrected chi connectivity index (χ4v) is 4.65. The monoisotopic (exact) mass is 355 g/mol. The standard InChI is InChI=1S/C20H21NO5/c1-21(22)7-6-11-8-16-20(26-10-25-16)18-12-4-5-15(23-2)19(24-3)13(12)9-14(21)17(11)18/h4-5,8,14H,6-7,9-10H2,1-3H3/t14-,21?/m1/s1. The van der Waals surface area contributed by atoms with Crippen molar-refractivity contribution in [3.05, 3.63) is 40.1 Å². The Morgan fingerprint density at radius 1 is 1.19 bits per heavy atom. The first-order valence-corrected chi connectivity index (χ1v) is 8.81. The van der Waals surface area contributed by atoms with Crippen molar-refractivity contribution in [2.45, 2.75) is 18.9 Å². The third kappa shape index (κ3) is 1.94. The van der Waals surface area contributed by atoms with Crippen LogP contribution in [0.3, 0.4) is 0 Å². The van der Waals surface area contributed by atoms with Gasteiger partial charge in [0.2, 0.25) is 6.79 Å². The smallest absolute Gasteiger partial charge is 0.231 e. The Bertz CT molecular complexity index is 921. The van der Waals surface area contributed by atoms with Crippen LogP contribution in [0.15, 0.2) is 18.2 Å². The second-order valence-electron chi connectivity index (χ2n) is 7.25. The lowest BCUT2D eigenvalue weighted by Crippen LogP contribution is -2.48. The van der Waals surface area contributed by atoms with Crippen molar-refractivity contribution < 1.29 is 23.6 Å². The van der Waals surface area contributed by atoms with Gasteiger partial charge in [0.1, 0.15) is 6.04 Å². The van der Waals surface area contributed by atoms with E-state index in [0.29, 0.717) is 24.5 Å². The van der Waals surface area contributed by atoms with Crippen molar-refractivity contribution in [3.8, 4) is 34.1 Å². The molecule has 6 nitrogen and oxygen atoms in total. The number of fused-ring (bicyclic) bond motifs is 4. The predicted molar refractivity (Wildman–Crippen MR) is 95.7 cm³/mol. The van der Waals surface area contributed by atoms with Gasteiger partial charge in [-0.1, -0.05) is 0 Å². The number of rotatable bonds is 2. The SMILES string of the molecule is COc1ccc2c(c1OC)C[C@@H]1c3c(cc4c(c3-2)OCO4)CC[N+]1(C)[O-]. The number of nitrogens with zero attached hydrogens (tertiary/aromatic N) is 1. The summed E-state index contributed by atoms with van der Waals surface area (Å²) in [6, 6.07) is 5.82.